The van der Waals surface area contributed by atoms with Crippen molar-refractivity contribution >= 4 is 17.4 Å². The lowest BCUT2D eigenvalue weighted by Crippen LogP contribution is -2.29. The number of halogens is 1. The first-order chi connectivity index (χ1) is 12.6. The van der Waals surface area contributed by atoms with Crippen molar-refractivity contribution in [3.63, 3.8) is 0 Å². The first-order valence-corrected chi connectivity index (χ1v) is 8.65. The third-order valence-electron chi connectivity index (χ3n) is 5.02. The van der Waals surface area contributed by atoms with Crippen molar-refractivity contribution in [1.82, 2.24) is 20.4 Å². The summed E-state index contributed by atoms with van der Waals surface area (Å²) in [5.41, 5.74) is 3.09. The molecule has 6 nitrogen and oxygen atoms in total. The second-order valence-corrected chi connectivity index (χ2v) is 6.67. The van der Waals surface area contributed by atoms with Crippen molar-refractivity contribution in [3.8, 4) is 11.3 Å². The van der Waals surface area contributed by atoms with E-state index in [0.29, 0.717) is 22.4 Å². The number of aromatic amines is 1. The van der Waals surface area contributed by atoms with Crippen LogP contribution in [0.15, 0.2) is 30.3 Å². The maximum atomic E-state index is 13.3. The zero-order chi connectivity index (χ0) is 18.3. The van der Waals surface area contributed by atoms with Gasteiger partial charge in [-0.15, -0.1) is 0 Å². The van der Waals surface area contributed by atoms with Crippen LogP contribution in [0.4, 0.5) is 4.39 Å². The van der Waals surface area contributed by atoms with Gasteiger partial charge in [0.1, 0.15) is 11.5 Å². The number of imide groups is 1. The van der Waals surface area contributed by atoms with Gasteiger partial charge in [-0.05, 0) is 43.7 Å². The van der Waals surface area contributed by atoms with E-state index < -0.39 is 0 Å². The van der Waals surface area contributed by atoms with E-state index in [-0.39, 0.29) is 23.5 Å². The van der Waals surface area contributed by atoms with Gasteiger partial charge in [-0.3, -0.25) is 19.6 Å². The summed E-state index contributed by atoms with van der Waals surface area (Å²) in [6.07, 6.45) is 3.36. The molecule has 3 heterocycles. The molecule has 0 aliphatic carbocycles. The van der Waals surface area contributed by atoms with Gasteiger partial charge in [-0.2, -0.15) is 5.10 Å². The highest BCUT2D eigenvalue weighted by Gasteiger charge is 2.35. The lowest BCUT2D eigenvalue weighted by Gasteiger charge is -2.23. The molecule has 2 aliphatic rings. The summed E-state index contributed by atoms with van der Waals surface area (Å²) >= 11 is 0. The molecule has 0 unspecified atom stereocenters. The van der Waals surface area contributed by atoms with Gasteiger partial charge in [0.05, 0.1) is 5.57 Å². The van der Waals surface area contributed by atoms with Crippen molar-refractivity contribution in [2.45, 2.75) is 18.8 Å². The molecule has 4 rings (SSSR count). The van der Waals surface area contributed by atoms with Gasteiger partial charge in [0.2, 0.25) is 0 Å². The van der Waals surface area contributed by atoms with Gasteiger partial charge in [0.15, 0.2) is 0 Å². The Bertz CT molecular complexity index is 895. The average Bonchev–Trinajstić information content (AvgIpc) is 3.20. The lowest BCUT2D eigenvalue weighted by atomic mass is 9.89. The maximum Gasteiger partial charge on any atom is 0.261 e. The molecule has 0 bridgehead atoms. The minimum atomic E-state index is -0.344. The van der Waals surface area contributed by atoms with E-state index in [1.165, 1.54) is 25.3 Å². The number of likely N-dealkylation sites (N-methyl/N-ethyl adjacent to an activating group) is 1. The lowest BCUT2D eigenvalue weighted by molar-refractivity contribution is -0.134. The number of hydrogen-bond donors (Lipinski definition) is 2. The van der Waals surface area contributed by atoms with Crippen LogP contribution in [-0.2, 0) is 9.59 Å². The Kier molecular flexibility index (Phi) is 4.16. The Balaban J connectivity index is 1.86. The molecule has 134 valence electrons. The molecule has 2 amide bonds. The summed E-state index contributed by atoms with van der Waals surface area (Å²) in [4.78, 5) is 25.7. The molecule has 26 heavy (non-hydrogen) atoms. The molecule has 1 fully saturated rings. The molecule has 2 aromatic rings. The molecule has 1 aromatic heterocycles. The van der Waals surface area contributed by atoms with Gasteiger partial charge in [-0.25, -0.2) is 4.39 Å². The van der Waals surface area contributed by atoms with E-state index in [1.807, 2.05) is 0 Å². The van der Waals surface area contributed by atoms with Gasteiger partial charge >= 0.3 is 0 Å². The smallest absolute Gasteiger partial charge is 0.261 e. The minimum absolute atomic E-state index is 0.176. The predicted molar refractivity (Wildman–Crippen MR) is 94.6 cm³/mol. The molecular formula is C19H19FN4O2. The quantitative estimate of drug-likeness (QED) is 0.827. The van der Waals surface area contributed by atoms with E-state index in [2.05, 4.69) is 15.5 Å². The van der Waals surface area contributed by atoms with Gasteiger partial charge in [0, 0.05) is 42.4 Å². The van der Waals surface area contributed by atoms with Crippen molar-refractivity contribution in [2.24, 2.45) is 0 Å². The summed E-state index contributed by atoms with van der Waals surface area (Å²) in [6.45, 7) is 1.75. The highest BCUT2D eigenvalue weighted by molar-refractivity contribution is 6.34. The summed E-state index contributed by atoms with van der Waals surface area (Å²) in [6, 6.07) is 5.97. The van der Waals surface area contributed by atoms with E-state index in [4.69, 9.17) is 0 Å². The third-order valence-corrected chi connectivity index (χ3v) is 5.02. The Morgan fingerprint density at radius 2 is 2.00 bits per heavy atom. The van der Waals surface area contributed by atoms with Crippen LogP contribution in [0.1, 0.15) is 30.0 Å². The second-order valence-electron chi connectivity index (χ2n) is 6.67. The number of amides is 2. The molecule has 0 spiro atoms. The molecule has 7 heteroatoms. The molecule has 0 radical (unpaired) electrons. The zero-order valence-electron chi connectivity index (χ0n) is 14.4. The number of rotatable bonds is 3. The Morgan fingerprint density at radius 1 is 1.23 bits per heavy atom. The van der Waals surface area contributed by atoms with Crippen LogP contribution < -0.4 is 5.32 Å². The van der Waals surface area contributed by atoms with Gasteiger partial charge < -0.3 is 5.32 Å². The molecule has 2 aliphatic heterocycles. The van der Waals surface area contributed by atoms with E-state index in [0.717, 1.165) is 36.5 Å². The summed E-state index contributed by atoms with van der Waals surface area (Å²) in [7, 11) is 1.47. The molecule has 1 aromatic carbocycles. The molecule has 2 N–H and O–H groups in total. The Morgan fingerprint density at radius 3 is 2.62 bits per heavy atom. The van der Waals surface area contributed by atoms with Crippen LogP contribution in [0, 0.1) is 5.82 Å². The number of hydrogen-bond acceptors (Lipinski definition) is 4. The highest BCUT2D eigenvalue weighted by atomic mass is 19.1. The molecular weight excluding hydrogens is 335 g/mol. The third kappa shape index (κ3) is 2.74. The van der Waals surface area contributed by atoms with E-state index >= 15 is 0 Å². The summed E-state index contributed by atoms with van der Waals surface area (Å²) in [5, 5.41) is 10.9. The van der Waals surface area contributed by atoms with E-state index in [1.54, 1.807) is 12.1 Å². The van der Waals surface area contributed by atoms with Crippen LogP contribution in [0.5, 0.6) is 0 Å². The molecule has 1 saturated heterocycles. The standard InChI is InChI=1S/C19H19FN4O2/c1-24-15(25)9-14(19(24)26)16-17(11-4-6-13(20)7-5-11)22-23-18(16)12-3-2-8-21-10-12/h4-7,9,12,21H,2-3,8,10H2,1H3,(H,22,23)/t12-/m1/s1. The number of nitrogens with zero attached hydrogens (tertiary/aromatic N) is 2. The number of piperidine rings is 1. The van der Waals surface area contributed by atoms with Crippen LogP contribution in [0.3, 0.4) is 0 Å². The highest BCUT2D eigenvalue weighted by Crippen LogP contribution is 2.37. The number of aromatic nitrogens is 2. The zero-order valence-corrected chi connectivity index (χ0v) is 14.4. The average molecular weight is 354 g/mol. The van der Waals surface area contributed by atoms with Crippen molar-refractivity contribution in [2.75, 3.05) is 20.1 Å². The normalized spacial score (nSPS) is 20.6. The van der Waals surface area contributed by atoms with Gasteiger partial charge in [-0.1, -0.05) is 0 Å². The van der Waals surface area contributed by atoms with Crippen LogP contribution in [0.25, 0.3) is 16.8 Å². The number of H-pyrrole nitrogens is 1. The number of nitrogens with one attached hydrogen (secondary N) is 2. The number of benzene rings is 1. The van der Waals surface area contributed by atoms with Crippen molar-refractivity contribution in [1.29, 1.82) is 0 Å². The first kappa shape index (κ1) is 16.7. The Labute approximate surface area is 150 Å². The fraction of sp³-hybridized carbons (Fsp3) is 0.316. The summed E-state index contributed by atoms with van der Waals surface area (Å²) < 4.78 is 13.3. The summed E-state index contributed by atoms with van der Waals surface area (Å²) in [5.74, 6) is -0.850. The monoisotopic (exact) mass is 354 g/mol. The topological polar surface area (TPSA) is 78.1 Å². The Hall–Kier alpha value is -2.80. The molecule has 1 atom stereocenters. The molecule has 0 saturated carbocycles. The SMILES string of the molecule is CN1C(=O)C=C(c2c(-c3ccc(F)cc3)n[nH]c2[C@@H]2CCCNC2)C1=O. The van der Waals surface area contributed by atoms with Gasteiger partial charge in [0.25, 0.3) is 11.8 Å². The second kappa shape index (κ2) is 6.49. The fourth-order valence-corrected chi connectivity index (χ4v) is 3.58. The predicted octanol–water partition coefficient (Wildman–Crippen LogP) is 2.06. The van der Waals surface area contributed by atoms with Crippen LogP contribution in [0.2, 0.25) is 0 Å². The van der Waals surface area contributed by atoms with Crippen LogP contribution in [-0.4, -0.2) is 47.0 Å². The number of carbonyl (C=O) groups excluding carboxylic acids is 2. The van der Waals surface area contributed by atoms with Crippen LogP contribution >= 0.6 is 0 Å². The first-order valence-electron chi connectivity index (χ1n) is 8.65. The fourth-order valence-electron chi connectivity index (χ4n) is 3.58. The number of carbonyl (C=O) groups is 2. The minimum Gasteiger partial charge on any atom is -0.316 e. The van der Waals surface area contributed by atoms with Crippen molar-refractivity contribution < 1.29 is 14.0 Å². The van der Waals surface area contributed by atoms with Crippen molar-refractivity contribution in [3.05, 3.63) is 47.4 Å². The van der Waals surface area contributed by atoms with E-state index in [9.17, 15) is 14.0 Å². The largest absolute Gasteiger partial charge is 0.316 e. The maximum absolute atomic E-state index is 13.3.